The van der Waals surface area contributed by atoms with E-state index in [-0.39, 0.29) is 0 Å². The third-order valence-electron chi connectivity index (χ3n) is 4.30. The molecule has 1 aliphatic rings. The molecule has 0 saturated heterocycles. The molecule has 1 aliphatic carbocycles. The Morgan fingerprint density at radius 2 is 1.75 bits per heavy atom. The predicted octanol–water partition coefficient (Wildman–Crippen LogP) is 2.58. The zero-order valence-corrected chi connectivity index (χ0v) is 13.5. The van der Waals surface area contributed by atoms with Crippen molar-refractivity contribution in [1.82, 2.24) is 5.32 Å². The quantitative estimate of drug-likeness (QED) is 0.833. The van der Waals surface area contributed by atoms with Gasteiger partial charge in [-0.3, -0.25) is 0 Å². The van der Waals surface area contributed by atoms with Gasteiger partial charge in [-0.2, -0.15) is 0 Å². The van der Waals surface area contributed by atoms with Crippen molar-refractivity contribution in [2.45, 2.75) is 76.5 Å². The molecule has 0 aromatic carbocycles. The number of ether oxygens (including phenoxy) is 2. The lowest BCUT2D eigenvalue weighted by atomic mass is 9.70. The van der Waals surface area contributed by atoms with Gasteiger partial charge in [-0.05, 0) is 40.5 Å². The molecule has 5 nitrogen and oxygen atoms in total. The molecule has 1 amide bonds. The summed E-state index contributed by atoms with van der Waals surface area (Å²) in [6.07, 6.45) is 4.66. The Labute approximate surface area is 122 Å². The molecule has 1 rings (SSSR count). The number of alkyl carbamates (subject to hydrolysis) is 1. The molecule has 1 fully saturated rings. The first kappa shape index (κ1) is 17.2. The monoisotopic (exact) mass is 286 g/mol. The first-order valence-electron chi connectivity index (χ1n) is 7.44. The molecule has 1 saturated carbocycles. The van der Waals surface area contributed by atoms with Crippen LogP contribution >= 0.6 is 0 Å². The van der Waals surface area contributed by atoms with E-state index >= 15 is 0 Å². The van der Waals surface area contributed by atoms with Crippen molar-refractivity contribution in [2.24, 2.45) is 5.73 Å². The molecule has 0 spiro atoms. The highest BCUT2D eigenvalue weighted by atomic mass is 16.6. The van der Waals surface area contributed by atoms with Crippen LogP contribution in [-0.4, -0.2) is 36.5 Å². The average Bonchev–Trinajstić information content (AvgIpc) is 2.36. The van der Waals surface area contributed by atoms with E-state index in [1.165, 1.54) is 6.42 Å². The zero-order chi connectivity index (χ0) is 15.4. The smallest absolute Gasteiger partial charge is 0.408 e. The molecule has 0 heterocycles. The van der Waals surface area contributed by atoms with Gasteiger partial charge in [0.15, 0.2) is 0 Å². The molecule has 1 atom stereocenters. The Bertz CT molecular complexity index is 327. The number of hydrogen-bond acceptors (Lipinski definition) is 4. The van der Waals surface area contributed by atoms with E-state index in [0.29, 0.717) is 6.54 Å². The maximum atomic E-state index is 12.2. The van der Waals surface area contributed by atoms with E-state index in [2.05, 4.69) is 5.32 Å². The fourth-order valence-corrected chi connectivity index (χ4v) is 2.91. The van der Waals surface area contributed by atoms with Crippen LogP contribution in [0.3, 0.4) is 0 Å². The van der Waals surface area contributed by atoms with E-state index in [9.17, 15) is 4.79 Å². The van der Waals surface area contributed by atoms with E-state index < -0.39 is 22.8 Å². The van der Waals surface area contributed by atoms with Gasteiger partial charge in [-0.15, -0.1) is 0 Å². The second-order valence-electron chi connectivity index (χ2n) is 6.91. The van der Waals surface area contributed by atoms with Crippen LogP contribution in [0.4, 0.5) is 4.79 Å². The molecule has 0 aliphatic heterocycles. The molecule has 0 aromatic heterocycles. The van der Waals surface area contributed by atoms with Crippen LogP contribution in [0, 0.1) is 0 Å². The number of carbonyl (C=O) groups is 1. The van der Waals surface area contributed by atoms with Gasteiger partial charge in [0.1, 0.15) is 11.2 Å². The minimum atomic E-state index is -0.579. The van der Waals surface area contributed by atoms with Crippen LogP contribution in [0.2, 0.25) is 0 Å². The summed E-state index contributed by atoms with van der Waals surface area (Å²) in [6, 6.07) is 0. The summed E-state index contributed by atoms with van der Waals surface area (Å²) in [5.41, 5.74) is 4.39. The lowest BCUT2D eigenvalue weighted by molar-refractivity contribution is -0.0809. The summed E-state index contributed by atoms with van der Waals surface area (Å²) < 4.78 is 11.1. The van der Waals surface area contributed by atoms with Gasteiger partial charge >= 0.3 is 6.09 Å². The number of nitrogens with one attached hydrogen (secondary N) is 1. The molecule has 0 aromatic rings. The number of methoxy groups -OCH3 is 1. The number of carbonyl (C=O) groups excluding carboxylic acids is 1. The molecule has 0 bridgehead atoms. The summed E-state index contributed by atoms with van der Waals surface area (Å²) in [5, 5.41) is 3.07. The van der Waals surface area contributed by atoms with Crippen molar-refractivity contribution >= 4 is 6.09 Å². The standard InChI is InChI=1S/C15H30N2O3/c1-13(2,3)20-12(18)17-15(9-7-6-8-10-15)14(4,11-16)19-5/h6-11,16H2,1-5H3,(H,17,18). The first-order valence-corrected chi connectivity index (χ1v) is 7.44. The molecule has 3 N–H and O–H groups in total. The van der Waals surface area contributed by atoms with Crippen molar-refractivity contribution in [3.05, 3.63) is 0 Å². The van der Waals surface area contributed by atoms with Gasteiger partial charge in [0.05, 0.1) is 5.54 Å². The minimum absolute atomic E-state index is 0.360. The van der Waals surface area contributed by atoms with Crippen molar-refractivity contribution in [1.29, 1.82) is 0 Å². The van der Waals surface area contributed by atoms with Crippen LogP contribution in [-0.2, 0) is 9.47 Å². The third kappa shape index (κ3) is 3.85. The molecule has 118 valence electrons. The minimum Gasteiger partial charge on any atom is -0.444 e. The Hall–Kier alpha value is -0.810. The van der Waals surface area contributed by atoms with Gasteiger partial charge in [0.2, 0.25) is 0 Å². The summed E-state index contributed by atoms with van der Waals surface area (Å²) in [6.45, 7) is 7.91. The van der Waals surface area contributed by atoms with E-state index in [1.54, 1.807) is 7.11 Å². The molecule has 20 heavy (non-hydrogen) atoms. The first-order chi connectivity index (χ1) is 9.18. The van der Waals surface area contributed by atoms with Crippen LogP contribution in [0.1, 0.15) is 59.8 Å². The highest BCUT2D eigenvalue weighted by Crippen LogP contribution is 2.38. The van der Waals surface area contributed by atoms with Crippen molar-refractivity contribution in [2.75, 3.05) is 13.7 Å². The Balaban J connectivity index is 2.92. The summed E-state index contributed by atoms with van der Waals surface area (Å²) in [4.78, 5) is 12.2. The molecular formula is C15H30N2O3. The number of amides is 1. The Kier molecular flexibility index (Phi) is 5.44. The van der Waals surface area contributed by atoms with Crippen molar-refractivity contribution < 1.29 is 14.3 Å². The van der Waals surface area contributed by atoms with Crippen molar-refractivity contribution in [3.8, 4) is 0 Å². The van der Waals surface area contributed by atoms with Gasteiger partial charge in [-0.1, -0.05) is 19.3 Å². The molecule has 0 radical (unpaired) electrons. The number of hydrogen-bond donors (Lipinski definition) is 2. The van der Waals surface area contributed by atoms with Gasteiger partial charge in [0, 0.05) is 13.7 Å². The fraction of sp³-hybridized carbons (Fsp3) is 0.933. The Morgan fingerprint density at radius 3 is 2.15 bits per heavy atom. The van der Waals surface area contributed by atoms with Crippen LogP contribution < -0.4 is 11.1 Å². The largest absolute Gasteiger partial charge is 0.444 e. The lowest BCUT2D eigenvalue weighted by Crippen LogP contribution is -2.67. The van der Waals surface area contributed by atoms with E-state index in [4.69, 9.17) is 15.2 Å². The molecule has 1 unspecified atom stereocenters. The molecule has 5 heteroatoms. The average molecular weight is 286 g/mol. The summed E-state index contributed by atoms with van der Waals surface area (Å²) in [7, 11) is 1.65. The number of nitrogens with two attached hydrogens (primary N) is 1. The highest BCUT2D eigenvalue weighted by Gasteiger charge is 2.49. The Morgan fingerprint density at radius 1 is 1.20 bits per heavy atom. The van der Waals surface area contributed by atoms with Crippen LogP contribution in [0.5, 0.6) is 0 Å². The number of rotatable bonds is 4. The predicted molar refractivity (Wildman–Crippen MR) is 79.7 cm³/mol. The second-order valence-corrected chi connectivity index (χ2v) is 6.91. The summed E-state index contributed by atoms with van der Waals surface area (Å²) in [5.74, 6) is 0. The topological polar surface area (TPSA) is 73.6 Å². The maximum Gasteiger partial charge on any atom is 0.408 e. The lowest BCUT2D eigenvalue weighted by Gasteiger charge is -2.49. The van der Waals surface area contributed by atoms with Gasteiger partial charge in [0.25, 0.3) is 0 Å². The van der Waals surface area contributed by atoms with Gasteiger partial charge in [-0.25, -0.2) is 4.79 Å². The van der Waals surface area contributed by atoms with Crippen molar-refractivity contribution in [3.63, 3.8) is 0 Å². The normalized spacial score (nSPS) is 21.9. The maximum absolute atomic E-state index is 12.2. The highest BCUT2D eigenvalue weighted by molar-refractivity contribution is 5.69. The second kappa shape index (κ2) is 6.31. The van der Waals surface area contributed by atoms with Crippen LogP contribution in [0.25, 0.3) is 0 Å². The van der Waals surface area contributed by atoms with Crippen LogP contribution in [0.15, 0.2) is 0 Å². The van der Waals surface area contributed by atoms with E-state index in [0.717, 1.165) is 25.7 Å². The van der Waals surface area contributed by atoms with E-state index in [1.807, 2.05) is 27.7 Å². The fourth-order valence-electron chi connectivity index (χ4n) is 2.91. The third-order valence-corrected chi connectivity index (χ3v) is 4.30. The zero-order valence-electron chi connectivity index (χ0n) is 13.5. The molecular weight excluding hydrogens is 256 g/mol. The van der Waals surface area contributed by atoms with Gasteiger partial charge < -0.3 is 20.5 Å². The summed E-state index contributed by atoms with van der Waals surface area (Å²) >= 11 is 0. The SMILES string of the molecule is COC(C)(CN)C1(NC(=O)OC(C)(C)C)CCCCC1.